The second-order valence-corrected chi connectivity index (χ2v) is 6.92. The number of nitro groups is 1. The van der Waals surface area contributed by atoms with Crippen LogP contribution in [0, 0.1) is 10.1 Å². The van der Waals surface area contributed by atoms with Crippen LogP contribution in [0.3, 0.4) is 0 Å². The molecule has 0 radical (unpaired) electrons. The molecule has 0 aliphatic carbocycles. The number of carbonyl (C=O) groups is 1. The van der Waals surface area contributed by atoms with E-state index in [-0.39, 0.29) is 11.3 Å². The molecule has 1 N–H and O–H groups in total. The van der Waals surface area contributed by atoms with Crippen molar-refractivity contribution in [2.45, 2.75) is 10.1 Å². The van der Waals surface area contributed by atoms with Crippen LogP contribution in [-0.4, -0.2) is 41.2 Å². The summed E-state index contributed by atoms with van der Waals surface area (Å²) in [4.78, 5) is 32.0. The summed E-state index contributed by atoms with van der Waals surface area (Å²) in [5.74, 6) is 0.405. The van der Waals surface area contributed by atoms with Gasteiger partial charge in [0.1, 0.15) is 11.5 Å². The van der Waals surface area contributed by atoms with Crippen molar-refractivity contribution >= 4 is 29.6 Å². The molecular weight excluding hydrogens is 422 g/mol. The largest absolute Gasteiger partial charge is 0.497 e. The van der Waals surface area contributed by atoms with E-state index in [4.69, 9.17) is 9.47 Å². The lowest BCUT2D eigenvalue weighted by Gasteiger charge is -2.07. The fraction of sp³-hybridized carbons (Fsp3) is 0.100. The summed E-state index contributed by atoms with van der Waals surface area (Å²) in [6.07, 6.45) is 4.52. The lowest BCUT2D eigenvalue weighted by Crippen LogP contribution is -2.17. The SMILES string of the molecule is COc1cc(OC)cc(C(=O)NN=Cc2cc([N+](=O)[O-])ccc2Sc2ncccn2)c1. The fourth-order valence-electron chi connectivity index (χ4n) is 2.44. The van der Waals surface area contributed by atoms with Crippen LogP contribution >= 0.6 is 11.8 Å². The summed E-state index contributed by atoms with van der Waals surface area (Å²) in [6, 6.07) is 10.7. The standard InChI is InChI=1S/C20H17N5O5S/c1-29-16-9-13(10-17(11-16)30-2)19(26)24-23-12-14-8-15(25(27)28)4-5-18(14)31-20-21-6-3-7-22-20/h3-12H,1-2H3,(H,24,26). The van der Waals surface area contributed by atoms with Crippen LogP contribution in [0.25, 0.3) is 0 Å². The second kappa shape index (κ2) is 10.2. The minimum Gasteiger partial charge on any atom is -0.497 e. The van der Waals surface area contributed by atoms with Crippen LogP contribution < -0.4 is 14.9 Å². The first-order valence-corrected chi connectivity index (χ1v) is 9.61. The van der Waals surface area contributed by atoms with E-state index in [0.717, 1.165) is 0 Å². The van der Waals surface area contributed by atoms with Gasteiger partial charge in [0, 0.05) is 46.6 Å². The van der Waals surface area contributed by atoms with E-state index in [1.165, 1.54) is 56.5 Å². The van der Waals surface area contributed by atoms with Gasteiger partial charge in [0.05, 0.1) is 25.4 Å². The number of nitro benzene ring substituents is 1. The number of hydrazone groups is 1. The third kappa shape index (κ3) is 5.76. The number of amides is 1. The number of ether oxygens (including phenoxy) is 2. The Balaban J connectivity index is 1.82. The van der Waals surface area contributed by atoms with E-state index >= 15 is 0 Å². The van der Waals surface area contributed by atoms with Gasteiger partial charge in [-0.15, -0.1) is 0 Å². The molecule has 11 heteroatoms. The second-order valence-electron chi connectivity index (χ2n) is 5.91. The Labute approximate surface area is 181 Å². The zero-order valence-corrected chi connectivity index (χ0v) is 17.3. The van der Waals surface area contributed by atoms with Crippen molar-refractivity contribution in [2.75, 3.05) is 14.2 Å². The number of aromatic nitrogens is 2. The average molecular weight is 439 g/mol. The Morgan fingerprint density at radius 3 is 2.42 bits per heavy atom. The van der Waals surface area contributed by atoms with Gasteiger partial charge in [0.2, 0.25) is 0 Å². The van der Waals surface area contributed by atoms with Crippen LogP contribution in [0.1, 0.15) is 15.9 Å². The molecule has 0 saturated carbocycles. The molecule has 158 valence electrons. The molecule has 1 amide bonds. The predicted molar refractivity (Wildman–Crippen MR) is 114 cm³/mol. The third-order valence-electron chi connectivity index (χ3n) is 3.93. The summed E-state index contributed by atoms with van der Waals surface area (Å²) in [7, 11) is 2.96. The molecule has 0 spiro atoms. The molecule has 0 saturated heterocycles. The van der Waals surface area contributed by atoms with E-state index < -0.39 is 10.8 Å². The average Bonchev–Trinajstić information content (AvgIpc) is 2.80. The number of nitrogens with zero attached hydrogens (tertiary/aromatic N) is 4. The Bertz CT molecular complexity index is 1100. The number of methoxy groups -OCH3 is 2. The first kappa shape index (κ1) is 21.7. The maximum absolute atomic E-state index is 12.5. The number of nitrogens with one attached hydrogen (secondary N) is 1. The van der Waals surface area contributed by atoms with Gasteiger partial charge in [0.15, 0.2) is 5.16 Å². The maximum atomic E-state index is 12.5. The Morgan fingerprint density at radius 1 is 1.13 bits per heavy atom. The van der Waals surface area contributed by atoms with Gasteiger partial charge in [-0.2, -0.15) is 5.10 Å². The highest BCUT2D eigenvalue weighted by molar-refractivity contribution is 7.99. The van der Waals surface area contributed by atoms with Crippen LogP contribution in [0.2, 0.25) is 0 Å². The number of hydrogen-bond donors (Lipinski definition) is 1. The van der Waals surface area contributed by atoms with E-state index in [0.29, 0.717) is 27.1 Å². The highest BCUT2D eigenvalue weighted by Crippen LogP contribution is 2.29. The molecule has 0 aliphatic rings. The summed E-state index contributed by atoms with van der Waals surface area (Å²) < 4.78 is 10.3. The predicted octanol–water partition coefficient (Wildman–Crippen LogP) is 3.32. The lowest BCUT2D eigenvalue weighted by atomic mass is 10.2. The summed E-state index contributed by atoms with van der Waals surface area (Å²) in [6.45, 7) is 0. The molecule has 0 unspecified atom stereocenters. The normalized spacial score (nSPS) is 10.6. The molecular formula is C20H17N5O5S. The number of rotatable bonds is 8. The fourth-order valence-corrected chi connectivity index (χ4v) is 3.23. The zero-order valence-electron chi connectivity index (χ0n) is 16.5. The van der Waals surface area contributed by atoms with Crippen LogP contribution in [0.5, 0.6) is 11.5 Å². The van der Waals surface area contributed by atoms with Crippen molar-refractivity contribution < 1.29 is 19.2 Å². The topological polar surface area (TPSA) is 129 Å². The number of carbonyl (C=O) groups excluding carboxylic acids is 1. The molecule has 2 aromatic carbocycles. The third-order valence-corrected chi connectivity index (χ3v) is 4.92. The van der Waals surface area contributed by atoms with Crippen LogP contribution in [0.15, 0.2) is 70.0 Å². The maximum Gasteiger partial charge on any atom is 0.271 e. The van der Waals surface area contributed by atoms with Crippen molar-refractivity contribution in [2.24, 2.45) is 5.10 Å². The molecule has 3 aromatic rings. The van der Waals surface area contributed by atoms with Gasteiger partial charge in [0.25, 0.3) is 11.6 Å². The van der Waals surface area contributed by atoms with Gasteiger partial charge in [-0.25, -0.2) is 15.4 Å². The molecule has 0 fully saturated rings. The Morgan fingerprint density at radius 2 is 1.81 bits per heavy atom. The first-order valence-electron chi connectivity index (χ1n) is 8.80. The van der Waals surface area contributed by atoms with Crippen molar-refractivity contribution in [3.8, 4) is 11.5 Å². The van der Waals surface area contributed by atoms with E-state index in [1.807, 2.05) is 0 Å². The molecule has 1 aromatic heterocycles. The number of benzene rings is 2. The van der Waals surface area contributed by atoms with E-state index in [1.54, 1.807) is 30.6 Å². The molecule has 0 aliphatic heterocycles. The summed E-state index contributed by atoms with van der Waals surface area (Å²) in [5.41, 5.74) is 2.99. The van der Waals surface area contributed by atoms with Crippen molar-refractivity contribution in [3.05, 3.63) is 76.1 Å². The molecule has 10 nitrogen and oxygen atoms in total. The molecule has 0 atom stereocenters. The number of non-ortho nitro benzene ring substituents is 1. The minimum atomic E-state index is -0.508. The Hall–Kier alpha value is -3.99. The van der Waals surface area contributed by atoms with Crippen molar-refractivity contribution in [1.29, 1.82) is 0 Å². The zero-order chi connectivity index (χ0) is 22.2. The summed E-state index contributed by atoms with van der Waals surface area (Å²) in [5, 5.41) is 15.6. The highest BCUT2D eigenvalue weighted by atomic mass is 32.2. The van der Waals surface area contributed by atoms with E-state index in [2.05, 4.69) is 20.5 Å². The molecule has 0 bridgehead atoms. The monoisotopic (exact) mass is 439 g/mol. The minimum absolute atomic E-state index is 0.108. The Kier molecular flexibility index (Phi) is 7.12. The quantitative estimate of drug-likeness (QED) is 0.245. The summed E-state index contributed by atoms with van der Waals surface area (Å²) >= 11 is 1.22. The highest BCUT2D eigenvalue weighted by Gasteiger charge is 2.13. The van der Waals surface area contributed by atoms with Gasteiger partial charge >= 0.3 is 0 Å². The number of hydrogen-bond acceptors (Lipinski definition) is 9. The molecule has 3 rings (SSSR count). The smallest absolute Gasteiger partial charge is 0.271 e. The van der Waals surface area contributed by atoms with Crippen molar-refractivity contribution in [1.82, 2.24) is 15.4 Å². The molecule has 1 heterocycles. The van der Waals surface area contributed by atoms with Gasteiger partial charge in [-0.1, -0.05) is 0 Å². The van der Waals surface area contributed by atoms with Gasteiger partial charge in [-0.05, 0) is 36.0 Å². The lowest BCUT2D eigenvalue weighted by molar-refractivity contribution is -0.384. The first-order chi connectivity index (χ1) is 15.0. The van der Waals surface area contributed by atoms with Crippen LogP contribution in [0.4, 0.5) is 5.69 Å². The van der Waals surface area contributed by atoms with E-state index in [9.17, 15) is 14.9 Å². The van der Waals surface area contributed by atoms with Gasteiger partial charge < -0.3 is 9.47 Å². The van der Waals surface area contributed by atoms with Crippen LogP contribution in [-0.2, 0) is 0 Å². The molecule has 31 heavy (non-hydrogen) atoms. The van der Waals surface area contributed by atoms with Crippen molar-refractivity contribution in [3.63, 3.8) is 0 Å². The van der Waals surface area contributed by atoms with Gasteiger partial charge in [-0.3, -0.25) is 14.9 Å².